The highest BCUT2D eigenvalue weighted by Gasteiger charge is 2.21. The van der Waals surface area contributed by atoms with Crippen LogP contribution in [0.15, 0.2) is 0 Å². The van der Waals surface area contributed by atoms with Crippen molar-refractivity contribution >= 4 is 11.6 Å². The molecule has 3 heteroatoms. The van der Waals surface area contributed by atoms with E-state index in [1.54, 1.807) is 0 Å². The third-order valence-electron chi connectivity index (χ3n) is 2.99. The van der Waals surface area contributed by atoms with E-state index in [1.165, 1.54) is 19.4 Å². The first-order chi connectivity index (χ1) is 6.74. The molecule has 0 aromatic rings. The SMILES string of the molecule is CC1CCC(C)N(CCOCCCl)C1. The Balaban J connectivity index is 2.14. The molecule has 2 atom stereocenters. The minimum absolute atomic E-state index is 0.603. The van der Waals surface area contributed by atoms with E-state index in [9.17, 15) is 0 Å². The van der Waals surface area contributed by atoms with Crippen molar-refractivity contribution in [2.75, 3.05) is 32.2 Å². The van der Waals surface area contributed by atoms with Crippen LogP contribution in [0.5, 0.6) is 0 Å². The summed E-state index contributed by atoms with van der Waals surface area (Å²) in [6.07, 6.45) is 2.71. The molecule has 1 aliphatic rings. The average molecular weight is 220 g/mol. The fourth-order valence-corrected chi connectivity index (χ4v) is 2.14. The molecule has 0 radical (unpaired) electrons. The Morgan fingerprint density at radius 1 is 1.29 bits per heavy atom. The lowest BCUT2D eigenvalue weighted by Gasteiger charge is -2.36. The fourth-order valence-electron chi connectivity index (χ4n) is 2.03. The molecule has 1 saturated heterocycles. The molecule has 1 fully saturated rings. The van der Waals surface area contributed by atoms with E-state index in [0.717, 1.165) is 25.1 Å². The van der Waals surface area contributed by atoms with Crippen LogP contribution in [-0.2, 0) is 4.74 Å². The van der Waals surface area contributed by atoms with Gasteiger partial charge in [-0.05, 0) is 25.7 Å². The second-order valence-electron chi connectivity index (χ2n) is 4.33. The van der Waals surface area contributed by atoms with E-state index in [-0.39, 0.29) is 0 Å². The molecule has 0 spiro atoms. The maximum Gasteiger partial charge on any atom is 0.0602 e. The summed E-state index contributed by atoms with van der Waals surface area (Å²) in [5.41, 5.74) is 0. The zero-order valence-corrected chi connectivity index (χ0v) is 10.1. The van der Waals surface area contributed by atoms with Crippen molar-refractivity contribution in [1.29, 1.82) is 0 Å². The molecule has 0 amide bonds. The zero-order valence-electron chi connectivity index (χ0n) is 9.34. The Bertz CT molecular complexity index is 154. The molecular weight excluding hydrogens is 198 g/mol. The second kappa shape index (κ2) is 6.65. The normalized spacial score (nSPS) is 29.4. The smallest absolute Gasteiger partial charge is 0.0602 e. The number of hydrogen-bond acceptors (Lipinski definition) is 2. The molecular formula is C11H22ClNO. The van der Waals surface area contributed by atoms with E-state index in [2.05, 4.69) is 18.7 Å². The van der Waals surface area contributed by atoms with Crippen molar-refractivity contribution in [3.63, 3.8) is 0 Å². The maximum absolute atomic E-state index is 5.54. The Morgan fingerprint density at radius 2 is 2.07 bits per heavy atom. The van der Waals surface area contributed by atoms with Crippen molar-refractivity contribution in [2.24, 2.45) is 5.92 Å². The topological polar surface area (TPSA) is 12.5 Å². The largest absolute Gasteiger partial charge is 0.379 e. The van der Waals surface area contributed by atoms with Crippen LogP contribution in [0.4, 0.5) is 0 Å². The van der Waals surface area contributed by atoms with Crippen molar-refractivity contribution in [1.82, 2.24) is 4.90 Å². The molecule has 1 heterocycles. The van der Waals surface area contributed by atoms with E-state index in [0.29, 0.717) is 12.5 Å². The Hall–Kier alpha value is 0.210. The van der Waals surface area contributed by atoms with Gasteiger partial charge in [0.2, 0.25) is 0 Å². The van der Waals surface area contributed by atoms with E-state index < -0.39 is 0 Å². The predicted octanol–water partition coefficient (Wildman–Crippen LogP) is 2.36. The van der Waals surface area contributed by atoms with Crippen LogP contribution < -0.4 is 0 Å². The molecule has 14 heavy (non-hydrogen) atoms. The number of halogens is 1. The van der Waals surface area contributed by atoms with Crippen LogP contribution in [0.3, 0.4) is 0 Å². The van der Waals surface area contributed by atoms with Gasteiger partial charge in [-0.1, -0.05) is 6.92 Å². The van der Waals surface area contributed by atoms with Crippen molar-refractivity contribution in [2.45, 2.75) is 32.7 Å². The monoisotopic (exact) mass is 219 g/mol. The first kappa shape index (κ1) is 12.3. The number of nitrogens with zero attached hydrogens (tertiary/aromatic N) is 1. The summed E-state index contributed by atoms with van der Waals surface area (Å²) in [7, 11) is 0. The first-order valence-electron chi connectivity index (χ1n) is 5.61. The van der Waals surface area contributed by atoms with Gasteiger partial charge in [-0.2, -0.15) is 0 Å². The van der Waals surface area contributed by atoms with Crippen LogP contribution in [0.1, 0.15) is 26.7 Å². The summed E-state index contributed by atoms with van der Waals surface area (Å²) in [5.74, 6) is 1.45. The number of ether oxygens (including phenoxy) is 1. The minimum atomic E-state index is 0.603. The van der Waals surface area contributed by atoms with Gasteiger partial charge in [0.1, 0.15) is 0 Å². The van der Waals surface area contributed by atoms with Gasteiger partial charge in [-0.3, -0.25) is 4.90 Å². The Morgan fingerprint density at radius 3 is 2.79 bits per heavy atom. The van der Waals surface area contributed by atoms with E-state index in [1.807, 2.05) is 0 Å². The molecule has 1 rings (SSSR count). The van der Waals surface area contributed by atoms with Gasteiger partial charge < -0.3 is 4.74 Å². The van der Waals surface area contributed by atoms with Gasteiger partial charge >= 0.3 is 0 Å². The van der Waals surface area contributed by atoms with Crippen LogP contribution in [0.25, 0.3) is 0 Å². The highest BCUT2D eigenvalue weighted by atomic mass is 35.5. The molecule has 0 bridgehead atoms. The molecule has 0 aliphatic carbocycles. The first-order valence-corrected chi connectivity index (χ1v) is 6.15. The van der Waals surface area contributed by atoms with Crippen LogP contribution in [-0.4, -0.2) is 43.1 Å². The third kappa shape index (κ3) is 4.16. The summed E-state index contributed by atoms with van der Waals surface area (Å²) in [6, 6.07) is 0.728. The zero-order chi connectivity index (χ0) is 10.4. The van der Waals surface area contributed by atoms with Gasteiger partial charge in [0.05, 0.1) is 13.2 Å². The van der Waals surface area contributed by atoms with Gasteiger partial charge in [0, 0.05) is 25.0 Å². The van der Waals surface area contributed by atoms with Gasteiger partial charge in [0.25, 0.3) is 0 Å². The lowest BCUT2D eigenvalue weighted by Crippen LogP contribution is -2.42. The van der Waals surface area contributed by atoms with Crippen molar-refractivity contribution in [3.05, 3.63) is 0 Å². The Labute approximate surface area is 92.6 Å². The molecule has 2 nitrogen and oxygen atoms in total. The average Bonchev–Trinajstić information content (AvgIpc) is 2.18. The summed E-state index contributed by atoms with van der Waals surface area (Å²) < 4.78 is 5.40. The van der Waals surface area contributed by atoms with Gasteiger partial charge in [0.15, 0.2) is 0 Å². The maximum atomic E-state index is 5.54. The summed E-state index contributed by atoms with van der Waals surface area (Å²) in [5, 5.41) is 0. The van der Waals surface area contributed by atoms with Crippen molar-refractivity contribution in [3.8, 4) is 0 Å². The minimum Gasteiger partial charge on any atom is -0.379 e. The van der Waals surface area contributed by atoms with Gasteiger partial charge in [-0.25, -0.2) is 0 Å². The van der Waals surface area contributed by atoms with Crippen LogP contribution in [0.2, 0.25) is 0 Å². The lowest BCUT2D eigenvalue weighted by atomic mass is 9.95. The van der Waals surface area contributed by atoms with E-state index in [4.69, 9.17) is 16.3 Å². The number of rotatable bonds is 5. The number of hydrogen-bond donors (Lipinski definition) is 0. The van der Waals surface area contributed by atoms with Crippen LogP contribution in [0, 0.1) is 5.92 Å². The summed E-state index contributed by atoms with van der Waals surface area (Å²) in [6.45, 7) is 8.43. The Kier molecular flexibility index (Phi) is 5.83. The summed E-state index contributed by atoms with van der Waals surface area (Å²) >= 11 is 5.54. The number of piperidine rings is 1. The quantitative estimate of drug-likeness (QED) is 0.520. The number of alkyl halides is 1. The molecule has 0 saturated carbocycles. The third-order valence-corrected chi connectivity index (χ3v) is 3.15. The molecule has 1 aliphatic heterocycles. The highest BCUT2D eigenvalue weighted by Crippen LogP contribution is 2.20. The molecule has 84 valence electrons. The predicted molar refractivity (Wildman–Crippen MR) is 61.0 cm³/mol. The van der Waals surface area contributed by atoms with Crippen LogP contribution >= 0.6 is 11.6 Å². The second-order valence-corrected chi connectivity index (χ2v) is 4.71. The standard InChI is InChI=1S/C11H22ClNO/c1-10-3-4-11(2)13(9-10)6-8-14-7-5-12/h10-11H,3-9H2,1-2H3. The molecule has 0 aromatic heterocycles. The lowest BCUT2D eigenvalue weighted by molar-refractivity contribution is 0.0685. The molecule has 2 unspecified atom stereocenters. The fraction of sp³-hybridized carbons (Fsp3) is 1.00. The summed E-state index contributed by atoms with van der Waals surface area (Å²) in [4.78, 5) is 2.53. The highest BCUT2D eigenvalue weighted by molar-refractivity contribution is 6.17. The van der Waals surface area contributed by atoms with E-state index >= 15 is 0 Å². The van der Waals surface area contributed by atoms with Gasteiger partial charge in [-0.15, -0.1) is 11.6 Å². The number of likely N-dealkylation sites (tertiary alicyclic amines) is 1. The molecule has 0 aromatic carbocycles. The van der Waals surface area contributed by atoms with Crippen molar-refractivity contribution < 1.29 is 4.74 Å². The molecule has 0 N–H and O–H groups in total.